The van der Waals surface area contributed by atoms with Crippen LogP contribution in [0.25, 0.3) is 11.8 Å². The summed E-state index contributed by atoms with van der Waals surface area (Å²) in [7, 11) is 0. The first-order valence-corrected chi connectivity index (χ1v) is 9.12. The number of carboxylic acid groups (broad SMARTS) is 1. The number of hydrogen-bond acceptors (Lipinski definition) is 5. The van der Waals surface area contributed by atoms with Crippen LogP contribution in [0.15, 0.2) is 47.5 Å². The summed E-state index contributed by atoms with van der Waals surface area (Å²) in [5.41, 5.74) is 1.66. The average molecular weight is 388 g/mol. The molecule has 134 valence electrons. The normalized spacial score (nSPS) is 15.8. The van der Waals surface area contributed by atoms with Crippen LogP contribution in [0.5, 0.6) is 5.75 Å². The Labute approximate surface area is 159 Å². The number of aliphatic carboxylic acids is 1. The first-order valence-electron chi connectivity index (χ1n) is 7.89. The van der Waals surface area contributed by atoms with Crippen molar-refractivity contribution >= 4 is 46.3 Å². The molecular formula is C18H16N2O4S2. The van der Waals surface area contributed by atoms with Crippen LogP contribution in [0.2, 0.25) is 0 Å². The molecule has 0 spiro atoms. The van der Waals surface area contributed by atoms with Gasteiger partial charge in [-0.1, -0.05) is 24.0 Å². The van der Waals surface area contributed by atoms with E-state index in [1.807, 2.05) is 22.9 Å². The highest BCUT2D eigenvalue weighted by Crippen LogP contribution is 2.33. The summed E-state index contributed by atoms with van der Waals surface area (Å²) >= 11 is 6.47. The zero-order valence-electron chi connectivity index (χ0n) is 13.7. The third kappa shape index (κ3) is 3.97. The molecule has 6 nitrogen and oxygen atoms in total. The van der Waals surface area contributed by atoms with Gasteiger partial charge in [0.05, 0.1) is 4.91 Å². The van der Waals surface area contributed by atoms with E-state index < -0.39 is 5.97 Å². The third-order valence-corrected chi connectivity index (χ3v) is 5.21. The summed E-state index contributed by atoms with van der Waals surface area (Å²) in [5.74, 6) is -0.911. The molecular weight excluding hydrogens is 372 g/mol. The highest BCUT2D eigenvalue weighted by molar-refractivity contribution is 8.26. The van der Waals surface area contributed by atoms with Gasteiger partial charge in [0.2, 0.25) is 0 Å². The van der Waals surface area contributed by atoms with Crippen LogP contribution in [0.4, 0.5) is 0 Å². The third-order valence-electron chi connectivity index (χ3n) is 3.83. The number of hydrogen-bond donors (Lipinski definition) is 2. The van der Waals surface area contributed by atoms with E-state index in [1.54, 1.807) is 30.3 Å². The maximum atomic E-state index is 12.6. The number of thioether (sulfide) groups is 1. The number of rotatable bonds is 6. The van der Waals surface area contributed by atoms with Gasteiger partial charge in [0.1, 0.15) is 10.1 Å². The van der Waals surface area contributed by atoms with E-state index in [0.717, 1.165) is 11.4 Å². The van der Waals surface area contributed by atoms with Crippen molar-refractivity contribution in [2.75, 3.05) is 6.54 Å². The summed E-state index contributed by atoms with van der Waals surface area (Å²) in [5, 5.41) is 18.2. The molecule has 3 rings (SSSR count). The molecule has 1 aliphatic rings. The molecule has 1 amide bonds. The molecule has 0 unspecified atom stereocenters. The van der Waals surface area contributed by atoms with Crippen LogP contribution in [0.1, 0.15) is 18.5 Å². The molecule has 1 aromatic carbocycles. The van der Waals surface area contributed by atoms with E-state index in [9.17, 15) is 14.7 Å². The Bertz CT molecular complexity index is 887. The quantitative estimate of drug-likeness (QED) is 0.584. The number of amides is 1. The number of phenolic OH excluding ortho intramolecular Hbond substituents is 1. The average Bonchev–Trinajstić information content (AvgIpc) is 3.15. The largest absolute Gasteiger partial charge is 0.508 e. The molecule has 1 fully saturated rings. The van der Waals surface area contributed by atoms with Crippen LogP contribution in [-0.4, -0.2) is 42.4 Å². The van der Waals surface area contributed by atoms with Gasteiger partial charge in [-0.05, 0) is 48.9 Å². The van der Waals surface area contributed by atoms with Crippen molar-refractivity contribution in [2.24, 2.45) is 0 Å². The molecule has 1 aromatic heterocycles. The van der Waals surface area contributed by atoms with Crippen LogP contribution < -0.4 is 0 Å². The van der Waals surface area contributed by atoms with Gasteiger partial charge in [0.25, 0.3) is 5.91 Å². The number of benzene rings is 1. The van der Waals surface area contributed by atoms with Crippen molar-refractivity contribution < 1.29 is 19.8 Å². The van der Waals surface area contributed by atoms with Gasteiger partial charge in [-0.25, -0.2) is 0 Å². The maximum Gasteiger partial charge on any atom is 0.303 e. The molecule has 1 aliphatic heterocycles. The van der Waals surface area contributed by atoms with E-state index in [1.165, 1.54) is 16.7 Å². The Morgan fingerprint density at radius 1 is 1.23 bits per heavy atom. The summed E-state index contributed by atoms with van der Waals surface area (Å²) in [6.07, 6.45) is 3.99. The lowest BCUT2D eigenvalue weighted by Gasteiger charge is -2.13. The summed E-state index contributed by atoms with van der Waals surface area (Å²) in [4.78, 5) is 25.2. The fraction of sp³-hybridized carbons (Fsp3) is 0.167. The molecule has 0 saturated carbocycles. The SMILES string of the molecule is O=C(O)CCCN1C(=O)/C(=C\c2cccn2-c2ccc(O)cc2)SC1=S. The predicted molar refractivity (Wildman–Crippen MR) is 104 cm³/mol. The van der Waals surface area contributed by atoms with E-state index in [0.29, 0.717) is 22.2 Å². The van der Waals surface area contributed by atoms with E-state index in [4.69, 9.17) is 17.3 Å². The van der Waals surface area contributed by atoms with Crippen molar-refractivity contribution in [3.8, 4) is 11.4 Å². The highest BCUT2D eigenvalue weighted by Gasteiger charge is 2.31. The Morgan fingerprint density at radius 3 is 2.65 bits per heavy atom. The van der Waals surface area contributed by atoms with Gasteiger partial charge >= 0.3 is 5.97 Å². The van der Waals surface area contributed by atoms with E-state index in [-0.39, 0.29) is 18.1 Å². The molecule has 2 N–H and O–H groups in total. The van der Waals surface area contributed by atoms with Crippen LogP contribution >= 0.6 is 24.0 Å². The second-order valence-electron chi connectivity index (χ2n) is 5.65. The smallest absolute Gasteiger partial charge is 0.303 e. The van der Waals surface area contributed by atoms with Gasteiger partial charge in [0.15, 0.2) is 0 Å². The predicted octanol–water partition coefficient (Wildman–Crippen LogP) is 3.25. The minimum Gasteiger partial charge on any atom is -0.508 e. The van der Waals surface area contributed by atoms with Gasteiger partial charge in [-0.15, -0.1) is 0 Å². The lowest BCUT2D eigenvalue weighted by Crippen LogP contribution is -2.29. The van der Waals surface area contributed by atoms with E-state index >= 15 is 0 Å². The Kier molecular flexibility index (Phi) is 5.43. The zero-order valence-corrected chi connectivity index (χ0v) is 15.3. The number of nitrogens with zero attached hydrogens (tertiary/aromatic N) is 2. The molecule has 0 atom stereocenters. The summed E-state index contributed by atoms with van der Waals surface area (Å²) < 4.78 is 2.34. The number of aromatic hydroxyl groups is 1. The molecule has 2 aromatic rings. The number of thiocarbonyl (C=S) groups is 1. The Balaban J connectivity index is 1.80. The lowest BCUT2D eigenvalue weighted by molar-refractivity contribution is -0.137. The number of phenols is 1. The van der Waals surface area contributed by atoms with Crippen molar-refractivity contribution in [3.05, 3.63) is 53.2 Å². The standard InChI is InChI=1S/C18H16N2O4S2/c21-14-7-5-12(6-8-14)19-9-1-3-13(19)11-15-17(24)20(18(25)26-15)10-2-4-16(22)23/h1,3,5-9,11,21H,2,4,10H2,(H,22,23)/b15-11+. The minimum absolute atomic E-state index is 0.000188. The molecule has 1 saturated heterocycles. The van der Waals surface area contributed by atoms with Crippen LogP contribution in [-0.2, 0) is 9.59 Å². The lowest BCUT2D eigenvalue weighted by atomic mass is 10.2. The number of carbonyl (C=O) groups is 2. The van der Waals surface area contributed by atoms with Crippen molar-refractivity contribution in [3.63, 3.8) is 0 Å². The second-order valence-corrected chi connectivity index (χ2v) is 7.33. The molecule has 2 heterocycles. The van der Waals surface area contributed by atoms with Gasteiger partial charge in [-0.2, -0.15) is 0 Å². The highest BCUT2D eigenvalue weighted by atomic mass is 32.2. The minimum atomic E-state index is -0.891. The first kappa shape index (κ1) is 18.2. The monoisotopic (exact) mass is 388 g/mol. The summed E-state index contributed by atoms with van der Waals surface area (Å²) in [6, 6.07) is 10.5. The Hall–Kier alpha value is -2.58. The fourth-order valence-electron chi connectivity index (χ4n) is 2.58. The molecule has 0 bridgehead atoms. The number of aromatic nitrogens is 1. The number of carboxylic acids is 1. The second kappa shape index (κ2) is 7.76. The number of carbonyl (C=O) groups excluding carboxylic acids is 1. The van der Waals surface area contributed by atoms with Crippen LogP contribution in [0.3, 0.4) is 0 Å². The van der Waals surface area contributed by atoms with Gasteiger partial charge in [0, 0.05) is 30.5 Å². The summed E-state index contributed by atoms with van der Waals surface area (Å²) in [6.45, 7) is 0.299. The molecule has 0 radical (unpaired) electrons. The molecule has 8 heteroatoms. The maximum absolute atomic E-state index is 12.6. The van der Waals surface area contributed by atoms with Crippen molar-refractivity contribution in [2.45, 2.75) is 12.8 Å². The Morgan fingerprint density at radius 2 is 1.96 bits per heavy atom. The first-order chi connectivity index (χ1) is 12.5. The van der Waals surface area contributed by atoms with Crippen LogP contribution in [0, 0.1) is 0 Å². The molecule has 26 heavy (non-hydrogen) atoms. The molecule has 0 aliphatic carbocycles. The fourth-order valence-corrected chi connectivity index (χ4v) is 3.87. The van der Waals surface area contributed by atoms with Crippen molar-refractivity contribution in [1.29, 1.82) is 0 Å². The van der Waals surface area contributed by atoms with Gasteiger partial charge in [-0.3, -0.25) is 14.5 Å². The topological polar surface area (TPSA) is 82.8 Å². The van der Waals surface area contributed by atoms with Crippen molar-refractivity contribution in [1.82, 2.24) is 9.47 Å². The van der Waals surface area contributed by atoms with E-state index in [2.05, 4.69) is 0 Å². The van der Waals surface area contributed by atoms with Gasteiger partial charge < -0.3 is 14.8 Å². The zero-order chi connectivity index (χ0) is 18.7.